The maximum Gasteiger partial charge on any atom is 0.326 e. The molecule has 0 radical (unpaired) electrons. The summed E-state index contributed by atoms with van der Waals surface area (Å²) in [5.74, 6) is -0.294. The third-order valence-electron chi connectivity index (χ3n) is 6.15. The van der Waals surface area contributed by atoms with Gasteiger partial charge in [0.05, 0.1) is 27.7 Å². The van der Waals surface area contributed by atoms with Crippen LogP contribution in [0.25, 0.3) is 22.3 Å². The molecule has 2 aliphatic rings. The maximum absolute atomic E-state index is 12.7. The summed E-state index contributed by atoms with van der Waals surface area (Å²) in [6, 6.07) is 6.17. The van der Waals surface area contributed by atoms with Crippen molar-refractivity contribution in [1.29, 1.82) is 0 Å². The molecule has 0 bridgehead atoms. The van der Waals surface area contributed by atoms with Gasteiger partial charge in [-0.2, -0.15) is 9.61 Å². The average Bonchev–Trinajstić information content (AvgIpc) is 3.24. The SMILES string of the molecule is O=C(NC1CCCC1)c1ccc(-c2cc(=NC3CC3)n3nc/c(=C\c4[nH]c(=O)[nH]c4O)c3n2)s1. The molecule has 4 heterocycles. The number of fused-ring (bicyclic) bond motifs is 1. The summed E-state index contributed by atoms with van der Waals surface area (Å²) in [4.78, 5) is 40.2. The lowest BCUT2D eigenvalue weighted by Crippen LogP contribution is -2.31. The second kappa shape index (κ2) is 8.24. The van der Waals surface area contributed by atoms with E-state index in [0.29, 0.717) is 26.9 Å². The summed E-state index contributed by atoms with van der Waals surface area (Å²) in [5, 5.41) is 18.1. The molecule has 1 amide bonds. The van der Waals surface area contributed by atoms with Crippen LogP contribution in [0.1, 0.15) is 53.9 Å². The average molecular weight is 478 g/mol. The molecule has 4 aromatic heterocycles. The molecule has 0 aromatic carbocycles. The zero-order chi connectivity index (χ0) is 23.2. The topological polar surface area (TPSA) is 141 Å². The molecular formula is C23H23N7O3S. The first-order chi connectivity index (χ1) is 16.5. The number of amides is 1. The quantitative estimate of drug-likeness (QED) is 0.344. The van der Waals surface area contributed by atoms with E-state index in [4.69, 9.17) is 9.98 Å². The van der Waals surface area contributed by atoms with Crippen molar-refractivity contribution >= 4 is 29.0 Å². The Hall–Kier alpha value is -3.73. The lowest BCUT2D eigenvalue weighted by Gasteiger charge is -2.10. The van der Waals surface area contributed by atoms with Gasteiger partial charge in [-0.15, -0.1) is 11.3 Å². The first-order valence-corrected chi connectivity index (χ1v) is 12.2. The van der Waals surface area contributed by atoms with Crippen LogP contribution in [0.4, 0.5) is 0 Å². The van der Waals surface area contributed by atoms with Crippen molar-refractivity contribution in [1.82, 2.24) is 29.9 Å². The van der Waals surface area contributed by atoms with Crippen LogP contribution < -0.4 is 21.7 Å². The van der Waals surface area contributed by atoms with Gasteiger partial charge in [0, 0.05) is 17.3 Å². The summed E-state index contributed by atoms with van der Waals surface area (Å²) >= 11 is 1.40. The Balaban J connectivity index is 1.43. The van der Waals surface area contributed by atoms with Crippen LogP contribution in [-0.2, 0) is 0 Å². The number of nitrogens with one attached hydrogen (secondary N) is 3. The van der Waals surface area contributed by atoms with Crippen LogP contribution in [0.2, 0.25) is 0 Å². The smallest absolute Gasteiger partial charge is 0.326 e. The molecule has 174 valence electrons. The molecule has 0 spiro atoms. The van der Waals surface area contributed by atoms with Gasteiger partial charge in [-0.05, 0) is 43.9 Å². The number of hydrogen-bond donors (Lipinski definition) is 4. The monoisotopic (exact) mass is 477 g/mol. The van der Waals surface area contributed by atoms with Crippen molar-refractivity contribution in [2.24, 2.45) is 4.99 Å². The molecular weight excluding hydrogens is 454 g/mol. The van der Waals surface area contributed by atoms with E-state index in [1.54, 1.807) is 16.8 Å². The minimum Gasteiger partial charge on any atom is -0.493 e. The van der Waals surface area contributed by atoms with E-state index in [9.17, 15) is 14.7 Å². The molecule has 0 saturated heterocycles. The minimum absolute atomic E-state index is 0.0441. The molecule has 0 aliphatic heterocycles. The number of H-pyrrole nitrogens is 2. The summed E-state index contributed by atoms with van der Waals surface area (Å²) in [6.07, 6.45) is 9.73. The van der Waals surface area contributed by atoms with E-state index in [0.717, 1.165) is 43.4 Å². The Labute approximate surface area is 197 Å². The number of nitrogens with zero attached hydrogens (tertiary/aromatic N) is 4. The molecule has 2 aliphatic carbocycles. The van der Waals surface area contributed by atoms with Gasteiger partial charge >= 0.3 is 5.69 Å². The van der Waals surface area contributed by atoms with Crippen LogP contribution in [0.5, 0.6) is 5.88 Å². The summed E-state index contributed by atoms with van der Waals surface area (Å²) in [7, 11) is 0. The number of carbonyl (C=O) groups excluding carboxylic acids is 1. The molecule has 11 heteroatoms. The number of aromatic amines is 2. The van der Waals surface area contributed by atoms with E-state index in [2.05, 4.69) is 20.4 Å². The fraction of sp³-hybridized carbons (Fsp3) is 0.348. The number of thiophene rings is 1. The van der Waals surface area contributed by atoms with Crippen LogP contribution >= 0.6 is 11.3 Å². The zero-order valence-corrected chi connectivity index (χ0v) is 19.1. The highest BCUT2D eigenvalue weighted by Gasteiger charge is 2.22. The van der Waals surface area contributed by atoms with E-state index in [1.807, 2.05) is 18.2 Å². The maximum atomic E-state index is 12.7. The first kappa shape index (κ1) is 20.8. The van der Waals surface area contributed by atoms with Crippen LogP contribution in [0, 0.1) is 0 Å². The lowest BCUT2D eigenvalue weighted by molar-refractivity contribution is 0.0942. The van der Waals surface area contributed by atoms with Crippen molar-refractivity contribution in [2.75, 3.05) is 0 Å². The fourth-order valence-corrected chi connectivity index (χ4v) is 5.12. The normalized spacial score (nSPS) is 17.8. The highest BCUT2D eigenvalue weighted by Crippen LogP contribution is 2.27. The van der Waals surface area contributed by atoms with Crippen LogP contribution in [-0.4, -0.2) is 47.7 Å². The van der Waals surface area contributed by atoms with Crippen molar-refractivity contribution in [2.45, 2.75) is 50.6 Å². The highest BCUT2D eigenvalue weighted by molar-refractivity contribution is 7.17. The first-order valence-electron chi connectivity index (χ1n) is 11.4. The highest BCUT2D eigenvalue weighted by atomic mass is 32.1. The molecule has 4 N–H and O–H groups in total. The molecule has 0 atom stereocenters. The van der Waals surface area contributed by atoms with Crippen molar-refractivity contribution in [3.05, 3.63) is 56.2 Å². The van der Waals surface area contributed by atoms with Crippen LogP contribution in [0.15, 0.2) is 34.2 Å². The molecule has 10 nitrogen and oxygen atoms in total. The lowest BCUT2D eigenvalue weighted by atomic mass is 10.2. The molecule has 2 fully saturated rings. The summed E-state index contributed by atoms with van der Waals surface area (Å²) in [5.41, 5.74) is 1.66. The van der Waals surface area contributed by atoms with Gasteiger partial charge in [0.15, 0.2) is 11.1 Å². The second-order valence-electron chi connectivity index (χ2n) is 8.80. The third-order valence-corrected chi connectivity index (χ3v) is 7.26. The van der Waals surface area contributed by atoms with Gasteiger partial charge < -0.3 is 15.4 Å². The molecule has 2 saturated carbocycles. The van der Waals surface area contributed by atoms with Crippen molar-refractivity contribution in [3.63, 3.8) is 0 Å². The molecule has 6 rings (SSSR count). The number of aromatic nitrogens is 5. The Morgan fingerprint density at radius 1 is 1.24 bits per heavy atom. The molecule has 0 unspecified atom stereocenters. The fourth-order valence-electron chi connectivity index (χ4n) is 4.25. The van der Waals surface area contributed by atoms with Crippen molar-refractivity contribution < 1.29 is 9.90 Å². The number of hydrogen-bond acceptors (Lipinski definition) is 7. The molecule has 34 heavy (non-hydrogen) atoms. The predicted octanol–water partition coefficient (Wildman–Crippen LogP) is 1.46. The summed E-state index contributed by atoms with van der Waals surface area (Å²) in [6.45, 7) is 0. The minimum atomic E-state index is -0.500. The standard InChI is InChI=1S/C23H23N7O3S/c31-21-16(28-23(33)29-21)9-12-11-24-30-19(25-14-5-6-14)10-15(27-20(12)30)17-7-8-18(34-17)22(32)26-13-3-1-2-4-13/h7-11,13-14,31H,1-6H2,(H,26,32)(H2,28,29,33)/b12-9+,25-19?. The largest absolute Gasteiger partial charge is 0.493 e. The number of rotatable bonds is 5. The van der Waals surface area contributed by atoms with E-state index >= 15 is 0 Å². The van der Waals surface area contributed by atoms with Crippen LogP contribution in [0.3, 0.4) is 0 Å². The van der Waals surface area contributed by atoms with Gasteiger partial charge in [-0.1, -0.05) is 12.8 Å². The van der Waals surface area contributed by atoms with Gasteiger partial charge in [-0.25, -0.2) is 9.78 Å². The van der Waals surface area contributed by atoms with E-state index in [-0.39, 0.29) is 29.6 Å². The Kier molecular flexibility index (Phi) is 5.05. The van der Waals surface area contributed by atoms with Gasteiger partial charge in [0.2, 0.25) is 5.88 Å². The predicted molar refractivity (Wildman–Crippen MR) is 126 cm³/mol. The van der Waals surface area contributed by atoms with E-state index < -0.39 is 5.69 Å². The molecule has 4 aromatic rings. The Morgan fingerprint density at radius 3 is 2.79 bits per heavy atom. The number of carbonyl (C=O) groups is 1. The number of aromatic hydroxyl groups is 1. The van der Waals surface area contributed by atoms with Gasteiger partial charge in [-0.3, -0.25) is 14.8 Å². The summed E-state index contributed by atoms with van der Waals surface area (Å²) < 4.78 is 1.66. The Morgan fingerprint density at radius 2 is 2.06 bits per heavy atom. The Bertz CT molecular complexity index is 1570. The second-order valence-corrected chi connectivity index (χ2v) is 9.88. The van der Waals surface area contributed by atoms with Gasteiger partial charge in [0.1, 0.15) is 5.69 Å². The third kappa shape index (κ3) is 4.03. The van der Waals surface area contributed by atoms with Gasteiger partial charge in [0.25, 0.3) is 5.91 Å². The zero-order valence-electron chi connectivity index (χ0n) is 18.2. The number of imidazole rings is 1. The van der Waals surface area contributed by atoms with Crippen molar-refractivity contribution in [3.8, 4) is 16.5 Å². The van der Waals surface area contributed by atoms with E-state index in [1.165, 1.54) is 11.3 Å².